The summed E-state index contributed by atoms with van der Waals surface area (Å²) in [6.45, 7) is 1.90. The molecule has 4 nitrogen and oxygen atoms in total. The number of hydrogen-bond acceptors (Lipinski definition) is 2. The zero-order chi connectivity index (χ0) is 10.8. The van der Waals surface area contributed by atoms with Crippen LogP contribution in [-0.2, 0) is 4.79 Å². The van der Waals surface area contributed by atoms with Crippen molar-refractivity contribution in [1.82, 2.24) is 10.2 Å². The fourth-order valence-electron chi connectivity index (χ4n) is 1.39. The molecule has 0 aliphatic carbocycles. The largest absolute Gasteiger partial charge is 0.315 e. The van der Waals surface area contributed by atoms with Crippen molar-refractivity contribution in [3.63, 3.8) is 0 Å². The summed E-state index contributed by atoms with van der Waals surface area (Å²) < 4.78 is 0. The molecule has 4 heteroatoms. The monoisotopic (exact) mass is 199 g/mol. The maximum Gasteiger partial charge on any atom is 0.300 e. The number of benzene rings is 1. The third kappa shape index (κ3) is 1.67. The summed E-state index contributed by atoms with van der Waals surface area (Å²) in [5.74, 6) is 1.57. The average Bonchev–Trinajstić information content (AvgIpc) is 2.65. The number of aryl methyl sites for hydroxylation is 1. The quantitative estimate of drug-likeness (QED) is 0.683. The van der Waals surface area contributed by atoms with Crippen molar-refractivity contribution in [2.24, 2.45) is 0 Å². The first-order chi connectivity index (χ1) is 7.20. The summed E-state index contributed by atoms with van der Waals surface area (Å²) in [5.41, 5.74) is 2.59. The Morgan fingerprint density at radius 3 is 3.13 bits per heavy atom. The first-order valence-corrected chi connectivity index (χ1v) is 4.42. The third-order valence-electron chi connectivity index (χ3n) is 2.16. The fraction of sp³-hybridized carbons (Fsp3) is 0.0909. The number of carbonyl (C=O) groups is 1. The van der Waals surface area contributed by atoms with E-state index in [1.807, 2.05) is 25.0 Å². The molecular formula is C11H9N3O. The molecule has 0 spiro atoms. The summed E-state index contributed by atoms with van der Waals surface area (Å²) >= 11 is 0. The van der Waals surface area contributed by atoms with Gasteiger partial charge in [-0.2, -0.15) is 5.10 Å². The van der Waals surface area contributed by atoms with Crippen LogP contribution in [0.2, 0.25) is 0 Å². The maximum atomic E-state index is 11.0. The maximum absolute atomic E-state index is 11.0. The molecule has 0 bridgehead atoms. The van der Waals surface area contributed by atoms with Crippen molar-refractivity contribution in [3.05, 3.63) is 23.9 Å². The SMILES string of the molecule is C#CC(=O)Nc1cc2cn[nH]c2cc1C. The zero-order valence-electron chi connectivity index (χ0n) is 8.16. The Hall–Kier alpha value is -2.28. The molecule has 2 rings (SSSR count). The number of aromatic nitrogens is 2. The highest BCUT2D eigenvalue weighted by Gasteiger charge is 2.04. The van der Waals surface area contributed by atoms with E-state index in [1.54, 1.807) is 6.20 Å². The van der Waals surface area contributed by atoms with E-state index in [9.17, 15) is 4.79 Å². The van der Waals surface area contributed by atoms with Gasteiger partial charge in [-0.05, 0) is 30.5 Å². The van der Waals surface area contributed by atoms with Gasteiger partial charge in [0.2, 0.25) is 0 Å². The number of fused-ring (bicyclic) bond motifs is 1. The summed E-state index contributed by atoms with van der Waals surface area (Å²) in [5, 5.41) is 10.3. The van der Waals surface area contributed by atoms with Crippen LogP contribution in [0.1, 0.15) is 5.56 Å². The molecule has 2 N–H and O–H groups in total. The smallest absolute Gasteiger partial charge is 0.300 e. The molecule has 0 saturated heterocycles. The van der Waals surface area contributed by atoms with E-state index in [-0.39, 0.29) is 0 Å². The van der Waals surface area contributed by atoms with Crippen LogP contribution in [-0.4, -0.2) is 16.1 Å². The van der Waals surface area contributed by atoms with E-state index in [4.69, 9.17) is 6.42 Å². The number of carbonyl (C=O) groups excluding carboxylic acids is 1. The van der Waals surface area contributed by atoms with Crippen molar-refractivity contribution < 1.29 is 4.79 Å². The normalized spacial score (nSPS) is 9.87. The highest BCUT2D eigenvalue weighted by molar-refractivity contribution is 6.04. The van der Waals surface area contributed by atoms with Crippen molar-refractivity contribution >= 4 is 22.5 Å². The van der Waals surface area contributed by atoms with E-state index in [2.05, 4.69) is 15.5 Å². The van der Waals surface area contributed by atoms with Crippen LogP contribution in [0, 0.1) is 19.3 Å². The molecule has 1 heterocycles. The van der Waals surface area contributed by atoms with E-state index in [0.29, 0.717) is 5.69 Å². The molecule has 1 aromatic carbocycles. The Balaban J connectivity index is 2.47. The lowest BCUT2D eigenvalue weighted by Gasteiger charge is -2.05. The summed E-state index contributed by atoms with van der Waals surface area (Å²) in [6, 6.07) is 3.75. The number of aromatic amines is 1. The van der Waals surface area contributed by atoms with Gasteiger partial charge in [0.25, 0.3) is 5.91 Å². The van der Waals surface area contributed by atoms with E-state index in [0.717, 1.165) is 16.5 Å². The Morgan fingerprint density at radius 1 is 1.60 bits per heavy atom. The van der Waals surface area contributed by atoms with E-state index < -0.39 is 5.91 Å². The number of terminal acetylenes is 1. The second-order valence-corrected chi connectivity index (χ2v) is 3.22. The topological polar surface area (TPSA) is 57.8 Å². The predicted molar refractivity (Wildman–Crippen MR) is 58.3 cm³/mol. The molecule has 0 radical (unpaired) electrons. The van der Waals surface area contributed by atoms with Crippen molar-refractivity contribution in [3.8, 4) is 12.3 Å². The highest BCUT2D eigenvalue weighted by Crippen LogP contribution is 2.21. The highest BCUT2D eigenvalue weighted by atomic mass is 16.1. The van der Waals surface area contributed by atoms with Crippen LogP contribution in [0.5, 0.6) is 0 Å². The lowest BCUT2D eigenvalue weighted by atomic mass is 10.1. The standard InChI is InChI=1S/C11H9N3O/c1-3-11(15)13-9-5-8-6-12-14-10(8)4-7(9)2/h1,4-6H,2H3,(H,12,14)(H,13,15). The third-order valence-corrected chi connectivity index (χ3v) is 2.16. The first kappa shape index (κ1) is 9.28. The van der Waals surface area contributed by atoms with Gasteiger partial charge in [-0.15, -0.1) is 6.42 Å². The molecule has 0 unspecified atom stereocenters. The van der Waals surface area contributed by atoms with Crippen LogP contribution in [0.15, 0.2) is 18.3 Å². The van der Waals surface area contributed by atoms with E-state index in [1.165, 1.54) is 0 Å². The molecule has 0 aliphatic heterocycles. The average molecular weight is 199 g/mol. The minimum Gasteiger partial charge on any atom is -0.315 e. The van der Waals surface area contributed by atoms with Gasteiger partial charge in [0.15, 0.2) is 0 Å². The molecule has 15 heavy (non-hydrogen) atoms. The number of H-pyrrole nitrogens is 1. The minimum atomic E-state index is -0.444. The Labute approximate surface area is 86.7 Å². The molecule has 0 saturated carbocycles. The van der Waals surface area contributed by atoms with Gasteiger partial charge in [-0.25, -0.2) is 0 Å². The first-order valence-electron chi connectivity index (χ1n) is 4.42. The van der Waals surface area contributed by atoms with Crippen molar-refractivity contribution in [2.45, 2.75) is 6.92 Å². The lowest BCUT2D eigenvalue weighted by Crippen LogP contribution is -2.09. The molecule has 2 aromatic rings. The van der Waals surface area contributed by atoms with Crippen LogP contribution in [0.4, 0.5) is 5.69 Å². The molecule has 1 aromatic heterocycles. The summed E-state index contributed by atoms with van der Waals surface area (Å²) in [7, 11) is 0. The van der Waals surface area contributed by atoms with Gasteiger partial charge in [0.1, 0.15) is 0 Å². The Bertz CT molecular complexity index is 563. The van der Waals surface area contributed by atoms with Crippen LogP contribution < -0.4 is 5.32 Å². The number of anilines is 1. The zero-order valence-corrected chi connectivity index (χ0v) is 8.16. The second-order valence-electron chi connectivity index (χ2n) is 3.22. The summed E-state index contributed by atoms with van der Waals surface area (Å²) in [4.78, 5) is 11.0. The van der Waals surface area contributed by atoms with E-state index >= 15 is 0 Å². The molecular weight excluding hydrogens is 190 g/mol. The molecule has 0 atom stereocenters. The molecule has 0 fully saturated rings. The second kappa shape index (κ2) is 3.46. The Kier molecular flexibility index (Phi) is 2.14. The minimum absolute atomic E-state index is 0.444. The number of rotatable bonds is 1. The van der Waals surface area contributed by atoms with Crippen molar-refractivity contribution in [2.75, 3.05) is 5.32 Å². The van der Waals surface area contributed by atoms with Crippen molar-refractivity contribution in [1.29, 1.82) is 0 Å². The van der Waals surface area contributed by atoms with Gasteiger partial charge < -0.3 is 5.32 Å². The number of nitrogens with zero attached hydrogens (tertiary/aromatic N) is 1. The Morgan fingerprint density at radius 2 is 2.40 bits per heavy atom. The molecule has 74 valence electrons. The van der Waals surface area contributed by atoms with Gasteiger partial charge in [-0.3, -0.25) is 9.89 Å². The van der Waals surface area contributed by atoms with Crippen LogP contribution >= 0.6 is 0 Å². The number of amides is 1. The van der Waals surface area contributed by atoms with Gasteiger partial charge in [-0.1, -0.05) is 0 Å². The molecule has 1 amide bonds. The number of hydrogen-bond donors (Lipinski definition) is 2. The van der Waals surface area contributed by atoms with Crippen LogP contribution in [0.25, 0.3) is 10.9 Å². The van der Waals surface area contributed by atoms with Crippen LogP contribution in [0.3, 0.4) is 0 Å². The lowest BCUT2D eigenvalue weighted by molar-refractivity contribution is -0.111. The summed E-state index contributed by atoms with van der Waals surface area (Å²) in [6.07, 6.45) is 6.68. The van der Waals surface area contributed by atoms with Gasteiger partial charge in [0.05, 0.1) is 11.7 Å². The van der Waals surface area contributed by atoms with Gasteiger partial charge in [0, 0.05) is 11.1 Å². The predicted octanol–water partition coefficient (Wildman–Crippen LogP) is 1.44. The molecule has 0 aliphatic rings. The van der Waals surface area contributed by atoms with Gasteiger partial charge >= 0.3 is 0 Å². The fourth-order valence-corrected chi connectivity index (χ4v) is 1.39. The number of nitrogens with one attached hydrogen (secondary N) is 2.